The number of benzene rings is 2. The third-order valence-electron chi connectivity index (χ3n) is 3.20. The van der Waals surface area contributed by atoms with Crippen molar-refractivity contribution in [2.45, 2.75) is 11.8 Å². The Bertz CT molecular complexity index is 955. The van der Waals surface area contributed by atoms with Gasteiger partial charge in [0.15, 0.2) is 0 Å². The van der Waals surface area contributed by atoms with E-state index in [1.165, 1.54) is 0 Å². The smallest absolute Gasteiger partial charge is 0.339 e. The molecular weight excluding hydrogens is 413 g/mol. The Hall–Kier alpha value is -1.67. The Morgan fingerprint density at radius 2 is 1.91 bits per heavy atom. The topological polar surface area (TPSA) is 56.3 Å². The molecule has 4 nitrogen and oxygen atoms in total. The number of nitrogens with zero attached hydrogens (tertiary/aromatic N) is 1. The Morgan fingerprint density at radius 3 is 2.68 bits per heavy atom. The normalized spacial score (nSPS) is 11.5. The minimum atomic E-state index is -3.92. The molecule has 1 aromatic heterocycles. The number of halogens is 1. The van der Waals surface area contributed by atoms with Crippen molar-refractivity contribution >= 4 is 43.6 Å². The van der Waals surface area contributed by atoms with E-state index >= 15 is 0 Å². The molecular formula is C16H12INO3S. The maximum absolute atomic E-state index is 12.6. The van der Waals surface area contributed by atoms with E-state index in [2.05, 4.69) is 27.6 Å². The Balaban J connectivity index is 2.12. The number of pyridine rings is 1. The molecule has 0 atom stereocenters. The Labute approximate surface area is 142 Å². The fourth-order valence-corrected chi connectivity index (χ4v) is 3.83. The zero-order valence-corrected chi connectivity index (χ0v) is 14.6. The van der Waals surface area contributed by atoms with Crippen molar-refractivity contribution in [3.05, 3.63) is 63.9 Å². The molecule has 0 saturated heterocycles. The lowest BCUT2D eigenvalue weighted by Gasteiger charge is -2.10. The molecule has 0 bridgehead atoms. The van der Waals surface area contributed by atoms with Gasteiger partial charge in [0.05, 0.1) is 5.52 Å². The van der Waals surface area contributed by atoms with Gasteiger partial charge in [-0.2, -0.15) is 8.42 Å². The second-order valence-corrected chi connectivity index (χ2v) is 7.54. The van der Waals surface area contributed by atoms with E-state index in [9.17, 15) is 8.42 Å². The van der Waals surface area contributed by atoms with Crippen LogP contribution in [-0.4, -0.2) is 13.4 Å². The van der Waals surface area contributed by atoms with E-state index in [0.29, 0.717) is 16.7 Å². The molecule has 0 N–H and O–H groups in total. The number of fused-ring (bicyclic) bond motifs is 1. The van der Waals surface area contributed by atoms with E-state index in [0.717, 1.165) is 9.13 Å². The number of rotatable bonds is 3. The van der Waals surface area contributed by atoms with Crippen LogP contribution in [0.15, 0.2) is 59.6 Å². The van der Waals surface area contributed by atoms with Crippen LogP contribution >= 0.6 is 22.6 Å². The summed E-state index contributed by atoms with van der Waals surface area (Å²) in [5.74, 6) is 0.296. The largest absolute Gasteiger partial charge is 0.379 e. The second kappa shape index (κ2) is 5.85. The number of hydrogen-bond donors (Lipinski definition) is 0. The van der Waals surface area contributed by atoms with Gasteiger partial charge in [0.1, 0.15) is 10.6 Å². The van der Waals surface area contributed by atoms with Crippen molar-refractivity contribution in [2.24, 2.45) is 0 Å². The number of aryl methyl sites for hydroxylation is 1. The van der Waals surface area contributed by atoms with Crippen LogP contribution in [0.4, 0.5) is 0 Å². The van der Waals surface area contributed by atoms with Gasteiger partial charge in [-0.25, -0.2) is 0 Å². The Morgan fingerprint density at radius 1 is 1.09 bits per heavy atom. The third kappa shape index (κ3) is 2.93. The summed E-state index contributed by atoms with van der Waals surface area (Å²) in [5, 5.41) is 0.563. The summed E-state index contributed by atoms with van der Waals surface area (Å²) >= 11 is 2.11. The maximum Gasteiger partial charge on any atom is 0.339 e. The molecule has 3 rings (SSSR count). The summed E-state index contributed by atoms with van der Waals surface area (Å²) in [6.07, 6.45) is 1.64. The molecule has 0 saturated carbocycles. The molecule has 0 aliphatic carbocycles. The first-order chi connectivity index (χ1) is 10.5. The van der Waals surface area contributed by atoms with E-state index in [-0.39, 0.29) is 4.90 Å². The molecule has 0 aliphatic rings. The lowest BCUT2D eigenvalue weighted by atomic mass is 10.1. The molecule has 3 aromatic rings. The highest BCUT2D eigenvalue weighted by atomic mass is 127. The fraction of sp³-hybridized carbons (Fsp3) is 0.0625. The highest BCUT2D eigenvalue weighted by Gasteiger charge is 2.20. The quantitative estimate of drug-likeness (QED) is 0.472. The van der Waals surface area contributed by atoms with Gasteiger partial charge in [0.25, 0.3) is 0 Å². The van der Waals surface area contributed by atoms with Crippen LogP contribution in [0.2, 0.25) is 0 Å². The number of aromatic nitrogens is 1. The van der Waals surface area contributed by atoms with Gasteiger partial charge in [-0.1, -0.05) is 12.1 Å². The van der Waals surface area contributed by atoms with Crippen molar-refractivity contribution in [1.29, 1.82) is 0 Å². The molecule has 0 radical (unpaired) electrons. The van der Waals surface area contributed by atoms with E-state index in [1.807, 2.05) is 13.0 Å². The highest BCUT2D eigenvalue weighted by molar-refractivity contribution is 14.1. The first-order valence-electron chi connectivity index (χ1n) is 6.52. The van der Waals surface area contributed by atoms with Crippen LogP contribution < -0.4 is 4.18 Å². The molecule has 1 heterocycles. The average Bonchev–Trinajstić information content (AvgIpc) is 2.47. The van der Waals surface area contributed by atoms with Gasteiger partial charge in [-0.3, -0.25) is 4.98 Å². The zero-order valence-electron chi connectivity index (χ0n) is 11.7. The highest BCUT2D eigenvalue weighted by Crippen LogP contribution is 2.27. The summed E-state index contributed by atoms with van der Waals surface area (Å²) < 4.78 is 31.3. The van der Waals surface area contributed by atoms with Crippen LogP contribution in [0.25, 0.3) is 10.9 Å². The molecule has 0 fully saturated rings. The zero-order chi connectivity index (χ0) is 15.7. The maximum atomic E-state index is 12.6. The summed E-state index contributed by atoms with van der Waals surface area (Å²) in [5.41, 5.74) is 1.58. The molecule has 6 heteroatoms. The number of hydrogen-bond acceptors (Lipinski definition) is 4. The third-order valence-corrected chi connectivity index (χ3v) is 5.18. The van der Waals surface area contributed by atoms with Gasteiger partial charge in [0, 0.05) is 15.2 Å². The monoisotopic (exact) mass is 425 g/mol. The summed E-state index contributed by atoms with van der Waals surface area (Å²) in [6.45, 7) is 1.89. The molecule has 0 unspecified atom stereocenters. The lowest BCUT2D eigenvalue weighted by molar-refractivity contribution is 0.487. The summed E-state index contributed by atoms with van der Waals surface area (Å²) in [4.78, 5) is 4.38. The van der Waals surface area contributed by atoms with Crippen molar-refractivity contribution in [2.75, 3.05) is 0 Å². The van der Waals surface area contributed by atoms with Crippen molar-refractivity contribution in [3.63, 3.8) is 0 Å². The molecule has 0 spiro atoms. The van der Waals surface area contributed by atoms with Crippen LogP contribution in [0, 0.1) is 10.5 Å². The predicted octanol–water partition coefficient (Wildman–Crippen LogP) is 3.92. The molecule has 2 aromatic carbocycles. The lowest BCUT2D eigenvalue weighted by Crippen LogP contribution is -2.10. The standard InChI is InChI=1S/C16H12INO3S/c1-11-7-8-15(14-6-3-9-18-16(11)14)22(19,20)21-13-5-2-4-12(17)10-13/h2-10H,1H3. The first-order valence-corrected chi connectivity index (χ1v) is 9.00. The molecule has 22 heavy (non-hydrogen) atoms. The minimum absolute atomic E-state index is 0.125. The van der Waals surface area contributed by atoms with Crippen LogP contribution in [0.5, 0.6) is 5.75 Å². The summed E-state index contributed by atoms with van der Waals surface area (Å²) in [7, 11) is -3.92. The van der Waals surface area contributed by atoms with E-state index < -0.39 is 10.1 Å². The predicted molar refractivity (Wildman–Crippen MR) is 93.5 cm³/mol. The van der Waals surface area contributed by atoms with Crippen LogP contribution in [-0.2, 0) is 10.1 Å². The van der Waals surface area contributed by atoms with Crippen molar-refractivity contribution < 1.29 is 12.6 Å². The van der Waals surface area contributed by atoms with Crippen molar-refractivity contribution in [1.82, 2.24) is 4.98 Å². The minimum Gasteiger partial charge on any atom is -0.379 e. The van der Waals surface area contributed by atoms with E-state index in [1.54, 1.807) is 48.7 Å². The van der Waals surface area contributed by atoms with Crippen molar-refractivity contribution in [3.8, 4) is 5.75 Å². The first kappa shape index (κ1) is 15.2. The molecule has 0 amide bonds. The van der Waals surface area contributed by atoms with Gasteiger partial charge in [0.2, 0.25) is 0 Å². The van der Waals surface area contributed by atoms with Gasteiger partial charge >= 0.3 is 10.1 Å². The van der Waals surface area contributed by atoms with Gasteiger partial charge in [-0.15, -0.1) is 0 Å². The molecule has 0 aliphatic heterocycles. The average molecular weight is 425 g/mol. The van der Waals surface area contributed by atoms with Gasteiger partial charge in [-0.05, 0) is 71.5 Å². The van der Waals surface area contributed by atoms with Crippen LogP contribution in [0.1, 0.15) is 5.56 Å². The van der Waals surface area contributed by atoms with Gasteiger partial charge < -0.3 is 4.18 Å². The Kier molecular flexibility index (Phi) is 4.05. The van der Waals surface area contributed by atoms with E-state index in [4.69, 9.17) is 4.18 Å². The SMILES string of the molecule is Cc1ccc(S(=O)(=O)Oc2cccc(I)c2)c2cccnc12. The fourth-order valence-electron chi connectivity index (χ4n) is 2.20. The summed E-state index contributed by atoms with van der Waals surface area (Å²) in [6, 6.07) is 13.7. The second-order valence-electron chi connectivity index (χ2n) is 4.77. The molecule has 112 valence electrons. The van der Waals surface area contributed by atoms with Crippen LogP contribution in [0.3, 0.4) is 0 Å².